The van der Waals surface area contributed by atoms with Crippen molar-refractivity contribution in [3.8, 4) is 5.75 Å². The van der Waals surface area contributed by atoms with Gasteiger partial charge in [-0.15, -0.1) is 11.3 Å². The summed E-state index contributed by atoms with van der Waals surface area (Å²) >= 11 is 1.45. The molecule has 3 aromatic rings. The van der Waals surface area contributed by atoms with Gasteiger partial charge in [0.05, 0.1) is 16.7 Å². The molecule has 0 saturated heterocycles. The van der Waals surface area contributed by atoms with Crippen molar-refractivity contribution in [2.45, 2.75) is 52.6 Å². The van der Waals surface area contributed by atoms with E-state index in [1.807, 2.05) is 38.1 Å². The fourth-order valence-corrected chi connectivity index (χ4v) is 5.07. The molecular weight excluding hydrogens is 356 g/mol. The van der Waals surface area contributed by atoms with E-state index >= 15 is 0 Å². The van der Waals surface area contributed by atoms with E-state index in [-0.39, 0.29) is 12.0 Å². The minimum atomic E-state index is -0.102. The van der Waals surface area contributed by atoms with E-state index in [0.717, 1.165) is 51.3 Å². The van der Waals surface area contributed by atoms with E-state index < -0.39 is 0 Å². The molecule has 1 amide bonds. The average Bonchev–Trinajstić information content (AvgIpc) is 3.24. The van der Waals surface area contributed by atoms with E-state index in [1.54, 1.807) is 0 Å². The number of pyridine rings is 1. The molecule has 1 aromatic carbocycles. The molecule has 4 rings (SSSR count). The maximum Gasteiger partial charge on any atom is 0.266 e. The number of hydrogen-bond donors (Lipinski definition) is 1. The summed E-state index contributed by atoms with van der Waals surface area (Å²) in [4.78, 5) is 19.2. The topological polar surface area (TPSA) is 51.2 Å². The monoisotopic (exact) mass is 380 g/mol. The molecule has 0 radical (unpaired) electrons. The van der Waals surface area contributed by atoms with Crippen molar-refractivity contribution in [3.05, 3.63) is 52.0 Å². The van der Waals surface area contributed by atoms with Gasteiger partial charge in [-0.3, -0.25) is 4.79 Å². The molecule has 0 atom stereocenters. The first kappa shape index (κ1) is 18.0. The summed E-state index contributed by atoms with van der Waals surface area (Å²) in [5.74, 6) is 0.650. The lowest BCUT2D eigenvalue weighted by Crippen LogP contribution is -2.15. The number of aryl methyl sites for hydroxylation is 3. The first-order valence-electron chi connectivity index (χ1n) is 9.47. The second-order valence-corrected chi connectivity index (χ2v) is 8.29. The zero-order valence-corrected chi connectivity index (χ0v) is 16.8. The number of aromatic nitrogens is 1. The van der Waals surface area contributed by atoms with Gasteiger partial charge in [-0.1, -0.05) is 12.1 Å². The largest absolute Gasteiger partial charge is 0.488 e. The van der Waals surface area contributed by atoms with Crippen LogP contribution in [0.15, 0.2) is 30.3 Å². The Morgan fingerprint density at radius 2 is 1.93 bits per heavy atom. The van der Waals surface area contributed by atoms with Crippen molar-refractivity contribution in [2.75, 3.05) is 5.32 Å². The van der Waals surface area contributed by atoms with E-state index in [0.29, 0.717) is 4.88 Å². The number of ether oxygens (including phenoxy) is 1. The molecule has 27 heavy (non-hydrogen) atoms. The number of para-hydroxylation sites is 2. The van der Waals surface area contributed by atoms with Gasteiger partial charge < -0.3 is 10.1 Å². The number of benzene rings is 1. The summed E-state index contributed by atoms with van der Waals surface area (Å²) in [6.45, 7) is 6.06. The summed E-state index contributed by atoms with van der Waals surface area (Å²) in [5, 5.41) is 4.14. The number of thiophene rings is 1. The molecule has 1 aliphatic carbocycles. The Labute approximate surface area is 163 Å². The van der Waals surface area contributed by atoms with Crippen LogP contribution in [0.1, 0.15) is 52.2 Å². The molecule has 1 saturated carbocycles. The lowest BCUT2D eigenvalue weighted by atomic mass is 10.1. The first-order chi connectivity index (χ1) is 13.0. The zero-order chi connectivity index (χ0) is 19.0. The van der Waals surface area contributed by atoms with Crippen LogP contribution in [0.2, 0.25) is 0 Å². The summed E-state index contributed by atoms with van der Waals surface area (Å²) in [6.07, 6.45) is 4.85. The van der Waals surface area contributed by atoms with Gasteiger partial charge in [0.25, 0.3) is 5.91 Å². The number of anilines is 1. The van der Waals surface area contributed by atoms with Gasteiger partial charge in [0.15, 0.2) is 0 Å². The van der Waals surface area contributed by atoms with Crippen molar-refractivity contribution >= 4 is 33.1 Å². The highest BCUT2D eigenvalue weighted by Gasteiger charge is 2.21. The zero-order valence-electron chi connectivity index (χ0n) is 16.0. The molecule has 1 aliphatic rings. The number of carbonyl (C=O) groups excluding carboxylic acids is 1. The third-order valence-corrected chi connectivity index (χ3v) is 6.35. The van der Waals surface area contributed by atoms with Crippen LogP contribution in [0.5, 0.6) is 5.75 Å². The molecule has 2 aromatic heterocycles. The molecule has 0 bridgehead atoms. The molecule has 2 heterocycles. The Kier molecular flexibility index (Phi) is 4.87. The normalized spacial score (nSPS) is 14.6. The summed E-state index contributed by atoms with van der Waals surface area (Å²) in [5.41, 5.74) is 3.86. The lowest BCUT2D eigenvalue weighted by Gasteiger charge is -2.16. The third-order valence-electron chi connectivity index (χ3n) is 5.16. The van der Waals surface area contributed by atoms with Crippen molar-refractivity contribution < 1.29 is 9.53 Å². The van der Waals surface area contributed by atoms with Gasteiger partial charge in [-0.2, -0.15) is 0 Å². The molecule has 5 heteroatoms. The van der Waals surface area contributed by atoms with Gasteiger partial charge in [0.1, 0.15) is 10.6 Å². The van der Waals surface area contributed by atoms with Gasteiger partial charge in [0, 0.05) is 11.1 Å². The predicted molar refractivity (Wildman–Crippen MR) is 111 cm³/mol. The van der Waals surface area contributed by atoms with Gasteiger partial charge in [0.2, 0.25) is 0 Å². The van der Waals surface area contributed by atoms with Crippen molar-refractivity contribution in [2.24, 2.45) is 0 Å². The minimum Gasteiger partial charge on any atom is -0.488 e. The average molecular weight is 381 g/mol. The highest BCUT2D eigenvalue weighted by atomic mass is 32.1. The fourth-order valence-electron chi connectivity index (χ4n) is 3.87. The molecule has 1 N–H and O–H groups in total. The highest BCUT2D eigenvalue weighted by Crippen LogP contribution is 2.34. The summed E-state index contributed by atoms with van der Waals surface area (Å²) < 4.78 is 6.14. The Balaban J connectivity index is 1.62. The van der Waals surface area contributed by atoms with Crippen LogP contribution in [-0.2, 0) is 0 Å². The second-order valence-electron chi connectivity index (χ2n) is 7.29. The molecule has 1 fully saturated rings. The van der Waals surface area contributed by atoms with Crippen molar-refractivity contribution in [1.82, 2.24) is 4.98 Å². The van der Waals surface area contributed by atoms with Gasteiger partial charge in [-0.05, 0) is 75.8 Å². The highest BCUT2D eigenvalue weighted by molar-refractivity contribution is 7.20. The van der Waals surface area contributed by atoms with Crippen molar-refractivity contribution in [1.29, 1.82) is 0 Å². The molecule has 4 nitrogen and oxygen atoms in total. The molecular formula is C22H24N2O2S. The number of hydrogen-bond acceptors (Lipinski definition) is 4. The number of amides is 1. The Bertz CT molecular complexity index is 1000. The number of nitrogens with one attached hydrogen (secondary N) is 1. The maximum atomic E-state index is 13.0. The van der Waals surface area contributed by atoms with Crippen LogP contribution >= 0.6 is 11.3 Å². The summed E-state index contributed by atoms with van der Waals surface area (Å²) in [6, 6.07) is 9.76. The SMILES string of the molecule is Cc1cc(C)c2c(C)c(C(=O)Nc3ccccc3OC3CCCC3)sc2n1. The minimum absolute atomic E-state index is 0.102. The quantitative estimate of drug-likeness (QED) is 0.623. The third kappa shape index (κ3) is 3.56. The lowest BCUT2D eigenvalue weighted by molar-refractivity contribution is 0.102. The molecule has 140 valence electrons. The van der Waals surface area contributed by atoms with E-state index in [1.165, 1.54) is 24.2 Å². The Morgan fingerprint density at radius 3 is 2.70 bits per heavy atom. The summed E-state index contributed by atoms with van der Waals surface area (Å²) in [7, 11) is 0. The van der Waals surface area contributed by atoms with Crippen LogP contribution in [0, 0.1) is 20.8 Å². The number of nitrogens with zero attached hydrogens (tertiary/aromatic N) is 1. The molecule has 0 aliphatic heterocycles. The van der Waals surface area contributed by atoms with Crippen LogP contribution < -0.4 is 10.1 Å². The second kappa shape index (κ2) is 7.31. The van der Waals surface area contributed by atoms with Crippen LogP contribution in [0.3, 0.4) is 0 Å². The van der Waals surface area contributed by atoms with Gasteiger partial charge in [-0.25, -0.2) is 4.98 Å². The maximum absolute atomic E-state index is 13.0. The molecule has 0 unspecified atom stereocenters. The number of carbonyl (C=O) groups is 1. The number of fused-ring (bicyclic) bond motifs is 1. The Hall–Kier alpha value is -2.40. The molecule has 0 spiro atoms. The standard InChI is InChI=1S/C22H24N2O2S/c1-13-12-14(2)23-22-19(13)15(3)20(27-22)21(25)24-17-10-6-7-11-18(17)26-16-8-4-5-9-16/h6-7,10-12,16H,4-5,8-9H2,1-3H3,(H,24,25). The predicted octanol–water partition coefficient (Wildman–Crippen LogP) is 5.80. The van der Waals surface area contributed by atoms with E-state index in [4.69, 9.17) is 4.74 Å². The smallest absolute Gasteiger partial charge is 0.266 e. The Morgan fingerprint density at radius 1 is 1.19 bits per heavy atom. The first-order valence-corrected chi connectivity index (χ1v) is 10.3. The van der Waals surface area contributed by atoms with Crippen LogP contribution in [0.4, 0.5) is 5.69 Å². The number of rotatable bonds is 4. The van der Waals surface area contributed by atoms with Crippen LogP contribution in [0.25, 0.3) is 10.2 Å². The van der Waals surface area contributed by atoms with Crippen LogP contribution in [-0.4, -0.2) is 17.0 Å². The van der Waals surface area contributed by atoms with E-state index in [2.05, 4.69) is 23.3 Å². The van der Waals surface area contributed by atoms with Gasteiger partial charge >= 0.3 is 0 Å². The van der Waals surface area contributed by atoms with E-state index in [9.17, 15) is 4.79 Å². The van der Waals surface area contributed by atoms with Crippen molar-refractivity contribution in [3.63, 3.8) is 0 Å². The fraction of sp³-hybridized carbons (Fsp3) is 0.364.